The highest BCUT2D eigenvalue weighted by molar-refractivity contribution is 7.60. The summed E-state index contributed by atoms with van der Waals surface area (Å²) in [6, 6.07) is 11.0. The number of hydrogen-bond acceptors (Lipinski definition) is 0. The largest absolute Gasteiger partial charge is 0.0983 e. The van der Waals surface area contributed by atoms with Gasteiger partial charge in [-0.1, -0.05) is 65.9 Å². The van der Waals surface area contributed by atoms with E-state index in [0.717, 1.165) is 5.92 Å². The summed E-state index contributed by atoms with van der Waals surface area (Å²) < 4.78 is 0. The van der Waals surface area contributed by atoms with E-state index >= 15 is 0 Å². The predicted molar refractivity (Wildman–Crippen MR) is 83.9 cm³/mol. The number of benzene rings is 1. The van der Waals surface area contributed by atoms with Gasteiger partial charge in [-0.05, 0) is 47.7 Å². The summed E-state index contributed by atoms with van der Waals surface area (Å²) in [5.74, 6) is 0.857. The summed E-state index contributed by atoms with van der Waals surface area (Å²) in [5.41, 5.74) is 1.51. The number of rotatable bonds is 2. The summed E-state index contributed by atoms with van der Waals surface area (Å²) in [6.07, 6.45) is 4.05. The summed E-state index contributed by atoms with van der Waals surface area (Å²) in [4.78, 5) is 0. The Hall–Kier alpha value is -0.350. The Labute approximate surface area is 114 Å². The van der Waals surface area contributed by atoms with Gasteiger partial charge in [-0.15, -0.1) is 0 Å². The van der Waals surface area contributed by atoms with Crippen LogP contribution in [0.15, 0.2) is 30.3 Å². The maximum atomic E-state index is 2.51. The van der Waals surface area contributed by atoms with E-state index in [9.17, 15) is 0 Å². The van der Waals surface area contributed by atoms with Crippen LogP contribution < -0.4 is 0 Å². The molecule has 0 saturated carbocycles. The molecular weight excluding hydrogens is 235 g/mol. The van der Waals surface area contributed by atoms with Crippen molar-refractivity contribution in [1.29, 1.82) is 0 Å². The first-order chi connectivity index (χ1) is 8.31. The normalized spacial score (nSPS) is 30.1. The first kappa shape index (κ1) is 14.1. The fourth-order valence-electron chi connectivity index (χ4n) is 3.67. The Balaban J connectivity index is 2.12. The van der Waals surface area contributed by atoms with Crippen LogP contribution >= 0.6 is 7.92 Å². The zero-order chi connectivity index (χ0) is 13.4. The van der Waals surface area contributed by atoms with E-state index in [2.05, 4.69) is 64.7 Å². The minimum atomic E-state index is 0.121. The molecule has 100 valence electrons. The van der Waals surface area contributed by atoms with Gasteiger partial charge in [0.1, 0.15) is 0 Å². The van der Waals surface area contributed by atoms with Crippen molar-refractivity contribution in [3.63, 3.8) is 0 Å². The molecule has 1 saturated heterocycles. The van der Waals surface area contributed by atoms with Gasteiger partial charge >= 0.3 is 0 Å². The Morgan fingerprint density at radius 2 is 1.50 bits per heavy atom. The lowest BCUT2D eigenvalue weighted by Crippen LogP contribution is -2.39. The van der Waals surface area contributed by atoms with Crippen molar-refractivity contribution in [3.8, 4) is 0 Å². The van der Waals surface area contributed by atoms with E-state index in [1.165, 1.54) is 24.8 Å². The molecule has 18 heavy (non-hydrogen) atoms. The van der Waals surface area contributed by atoms with Crippen molar-refractivity contribution in [1.82, 2.24) is 0 Å². The molecule has 1 fully saturated rings. The smallest absolute Gasteiger partial charge is 0.0146 e. The molecule has 1 heterocycles. The fourth-order valence-corrected chi connectivity index (χ4v) is 6.37. The molecule has 0 atom stereocenters. The molecule has 1 aliphatic rings. The Bertz CT molecular complexity index is 373. The third-order valence-electron chi connectivity index (χ3n) is 4.76. The van der Waals surface area contributed by atoms with Gasteiger partial charge in [-0.25, -0.2) is 0 Å². The van der Waals surface area contributed by atoms with Crippen LogP contribution in [0.4, 0.5) is 0 Å². The Kier molecular flexibility index (Phi) is 3.88. The van der Waals surface area contributed by atoms with Crippen LogP contribution in [0, 0.1) is 5.92 Å². The van der Waals surface area contributed by atoms with Crippen molar-refractivity contribution in [2.75, 3.05) is 6.66 Å². The zero-order valence-electron chi connectivity index (χ0n) is 12.5. The second-order valence-corrected chi connectivity index (χ2v) is 10.7. The number of hydrogen-bond donors (Lipinski definition) is 0. The average molecular weight is 262 g/mol. The van der Waals surface area contributed by atoms with Crippen molar-refractivity contribution in [2.24, 2.45) is 5.92 Å². The summed E-state index contributed by atoms with van der Waals surface area (Å²) in [6.45, 7) is 12.4. The van der Waals surface area contributed by atoms with Crippen LogP contribution in [-0.4, -0.2) is 17.0 Å². The van der Waals surface area contributed by atoms with Gasteiger partial charge in [0.15, 0.2) is 0 Å². The van der Waals surface area contributed by atoms with Crippen LogP contribution in [0.3, 0.4) is 0 Å². The van der Waals surface area contributed by atoms with Crippen molar-refractivity contribution in [3.05, 3.63) is 35.9 Å². The SMILES string of the molecule is CP1C(C)(C)CC(Cc2ccccc2)CC1(C)C. The van der Waals surface area contributed by atoms with E-state index in [4.69, 9.17) is 0 Å². The van der Waals surface area contributed by atoms with Gasteiger partial charge in [-0.3, -0.25) is 0 Å². The molecule has 1 aromatic carbocycles. The second-order valence-electron chi connectivity index (χ2n) is 7.15. The van der Waals surface area contributed by atoms with Gasteiger partial charge in [0.2, 0.25) is 0 Å². The molecule has 0 spiro atoms. The lowest BCUT2D eigenvalue weighted by molar-refractivity contribution is 0.335. The second kappa shape index (κ2) is 4.97. The van der Waals surface area contributed by atoms with Gasteiger partial charge in [0.05, 0.1) is 0 Å². The Morgan fingerprint density at radius 1 is 1.00 bits per heavy atom. The predicted octanol–water partition coefficient (Wildman–Crippen LogP) is 5.31. The van der Waals surface area contributed by atoms with Crippen molar-refractivity contribution < 1.29 is 0 Å². The maximum absolute atomic E-state index is 2.51. The first-order valence-electron chi connectivity index (χ1n) is 7.09. The minimum absolute atomic E-state index is 0.121. The summed E-state index contributed by atoms with van der Waals surface area (Å²) in [5, 5.41) is 1.08. The molecule has 0 nitrogen and oxygen atoms in total. The first-order valence-corrected chi connectivity index (χ1v) is 8.88. The molecular formula is C17H27P. The van der Waals surface area contributed by atoms with Gasteiger partial charge in [-0.2, -0.15) is 0 Å². The van der Waals surface area contributed by atoms with E-state index in [0.29, 0.717) is 10.3 Å². The molecule has 0 N–H and O–H groups in total. The fraction of sp³-hybridized carbons (Fsp3) is 0.647. The highest BCUT2D eigenvalue weighted by Gasteiger charge is 2.44. The third kappa shape index (κ3) is 2.97. The van der Waals surface area contributed by atoms with E-state index in [-0.39, 0.29) is 7.92 Å². The van der Waals surface area contributed by atoms with E-state index in [1.54, 1.807) is 0 Å². The molecule has 0 aliphatic carbocycles. The van der Waals surface area contributed by atoms with Crippen molar-refractivity contribution >= 4 is 7.92 Å². The van der Waals surface area contributed by atoms with Gasteiger partial charge in [0, 0.05) is 0 Å². The third-order valence-corrected chi connectivity index (χ3v) is 8.76. The standard InChI is InChI=1S/C17H27P/c1-16(2)12-15(13-17(3,4)18(16)5)11-14-9-7-6-8-10-14/h6-10,15H,11-13H2,1-5H3. The molecule has 1 aromatic rings. The average Bonchev–Trinajstić information content (AvgIpc) is 2.26. The van der Waals surface area contributed by atoms with Crippen molar-refractivity contribution in [2.45, 2.75) is 57.3 Å². The van der Waals surface area contributed by atoms with E-state index in [1.807, 2.05) is 0 Å². The minimum Gasteiger partial charge on any atom is -0.0983 e. The van der Waals surface area contributed by atoms with Crippen LogP contribution in [0.1, 0.15) is 46.1 Å². The summed E-state index contributed by atoms with van der Waals surface area (Å²) >= 11 is 0. The van der Waals surface area contributed by atoms with E-state index < -0.39 is 0 Å². The molecule has 0 unspecified atom stereocenters. The zero-order valence-corrected chi connectivity index (χ0v) is 13.4. The maximum Gasteiger partial charge on any atom is -0.0146 e. The summed E-state index contributed by atoms with van der Waals surface area (Å²) in [7, 11) is 0.121. The Morgan fingerprint density at radius 3 is 2.00 bits per heavy atom. The molecule has 0 radical (unpaired) electrons. The molecule has 0 aromatic heterocycles. The van der Waals surface area contributed by atoms with Gasteiger partial charge in [0.25, 0.3) is 0 Å². The highest BCUT2D eigenvalue weighted by atomic mass is 31.1. The van der Waals surface area contributed by atoms with Gasteiger partial charge < -0.3 is 0 Å². The lowest BCUT2D eigenvalue weighted by Gasteiger charge is -2.51. The molecule has 2 rings (SSSR count). The monoisotopic (exact) mass is 262 g/mol. The molecule has 0 amide bonds. The molecule has 0 bridgehead atoms. The highest BCUT2D eigenvalue weighted by Crippen LogP contribution is 2.64. The van der Waals surface area contributed by atoms with Crippen LogP contribution in [0.5, 0.6) is 0 Å². The topological polar surface area (TPSA) is 0 Å². The van der Waals surface area contributed by atoms with Crippen LogP contribution in [-0.2, 0) is 6.42 Å². The molecule has 1 heteroatoms. The quantitative estimate of drug-likeness (QED) is 0.634. The van der Waals surface area contributed by atoms with Crippen LogP contribution in [0.2, 0.25) is 0 Å². The van der Waals surface area contributed by atoms with Crippen LogP contribution in [0.25, 0.3) is 0 Å². The lowest BCUT2D eigenvalue weighted by atomic mass is 9.83. The molecule has 1 aliphatic heterocycles.